The van der Waals surface area contributed by atoms with Gasteiger partial charge >= 0.3 is 20.1 Å². The summed E-state index contributed by atoms with van der Waals surface area (Å²) in [6.07, 6.45) is 9.82. The van der Waals surface area contributed by atoms with Crippen molar-refractivity contribution in [3.8, 4) is 28.3 Å². The molecule has 5 heteroatoms. The SMILES string of the molecule is Cc1c[c-]c(-c2cc(C)c(CCc3cccc(CCc4c[c-]c(-c5cc(C)c(C)cn5)cc4)c3)cn2)cc1.[Ir+3].[c-]1cccc2c3ccccc3n(-c3ccccn3)c12. The van der Waals surface area contributed by atoms with Crippen LogP contribution in [0.5, 0.6) is 0 Å². The van der Waals surface area contributed by atoms with Gasteiger partial charge in [-0.05, 0) is 97.3 Å². The first-order chi connectivity index (χ1) is 27.9. The van der Waals surface area contributed by atoms with Crippen LogP contribution in [0.4, 0.5) is 0 Å². The molecular formula is C53H45IrN4. The molecule has 0 aliphatic heterocycles. The Morgan fingerprint density at radius 2 is 1.21 bits per heavy atom. The van der Waals surface area contributed by atoms with Crippen molar-refractivity contribution < 1.29 is 20.1 Å². The number of rotatable bonds is 9. The van der Waals surface area contributed by atoms with Crippen molar-refractivity contribution in [2.75, 3.05) is 0 Å². The molecule has 0 aliphatic carbocycles. The molecule has 0 fully saturated rings. The van der Waals surface area contributed by atoms with Crippen LogP contribution in [0.2, 0.25) is 0 Å². The number of aryl methyl sites for hydroxylation is 8. The molecule has 0 saturated carbocycles. The average Bonchev–Trinajstić information content (AvgIpc) is 3.59. The van der Waals surface area contributed by atoms with E-state index in [1.54, 1.807) is 0 Å². The predicted molar refractivity (Wildman–Crippen MR) is 235 cm³/mol. The van der Waals surface area contributed by atoms with Gasteiger partial charge in [0.15, 0.2) is 0 Å². The number of para-hydroxylation sites is 2. The Bertz CT molecular complexity index is 2720. The number of aromatic nitrogens is 4. The van der Waals surface area contributed by atoms with Crippen molar-refractivity contribution in [1.82, 2.24) is 19.5 Å². The summed E-state index contributed by atoms with van der Waals surface area (Å²) in [6.45, 7) is 8.48. The van der Waals surface area contributed by atoms with Crippen LogP contribution in [0, 0.1) is 45.9 Å². The molecule has 0 aliphatic rings. The molecule has 4 heterocycles. The quantitative estimate of drug-likeness (QED) is 0.135. The Balaban J connectivity index is 0.000000213. The maximum atomic E-state index is 4.73. The topological polar surface area (TPSA) is 43.6 Å². The van der Waals surface area contributed by atoms with Gasteiger partial charge in [0.1, 0.15) is 5.82 Å². The molecule has 4 aromatic heterocycles. The summed E-state index contributed by atoms with van der Waals surface area (Å²) >= 11 is 0. The van der Waals surface area contributed by atoms with Gasteiger partial charge in [-0.1, -0.05) is 90.7 Å². The van der Waals surface area contributed by atoms with E-state index in [0.29, 0.717) is 0 Å². The fourth-order valence-electron chi connectivity index (χ4n) is 7.28. The fraction of sp³-hybridized carbons (Fsp3) is 0.151. The van der Waals surface area contributed by atoms with Gasteiger partial charge in [-0.2, -0.15) is 24.3 Å². The van der Waals surface area contributed by atoms with Gasteiger partial charge < -0.3 is 14.5 Å². The van der Waals surface area contributed by atoms with Crippen LogP contribution in [-0.4, -0.2) is 19.5 Å². The third-order valence-electron chi connectivity index (χ3n) is 10.7. The molecule has 0 spiro atoms. The summed E-state index contributed by atoms with van der Waals surface area (Å²) in [6, 6.07) is 56.6. The largest absolute Gasteiger partial charge is 3.00 e. The van der Waals surface area contributed by atoms with Crippen molar-refractivity contribution >= 4 is 21.8 Å². The Labute approximate surface area is 356 Å². The molecule has 0 unspecified atom stereocenters. The van der Waals surface area contributed by atoms with Crippen molar-refractivity contribution in [1.29, 1.82) is 0 Å². The van der Waals surface area contributed by atoms with Gasteiger partial charge in [0.05, 0.1) is 0 Å². The van der Waals surface area contributed by atoms with E-state index in [4.69, 9.17) is 4.98 Å². The maximum Gasteiger partial charge on any atom is 3.00 e. The molecule has 58 heavy (non-hydrogen) atoms. The third kappa shape index (κ3) is 9.24. The molecule has 9 aromatic rings. The molecule has 0 radical (unpaired) electrons. The Morgan fingerprint density at radius 3 is 1.91 bits per heavy atom. The zero-order valence-electron chi connectivity index (χ0n) is 33.4. The summed E-state index contributed by atoms with van der Waals surface area (Å²) in [5.74, 6) is 0.927. The molecular weight excluding hydrogens is 885 g/mol. The van der Waals surface area contributed by atoms with Gasteiger partial charge in [0.25, 0.3) is 0 Å². The van der Waals surface area contributed by atoms with Gasteiger partial charge in [0, 0.05) is 24.1 Å². The monoisotopic (exact) mass is 930 g/mol. The van der Waals surface area contributed by atoms with Crippen LogP contribution < -0.4 is 0 Å². The summed E-state index contributed by atoms with van der Waals surface area (Å²) in [5, 5.41) is 2.45. The summed E-state index contributed by atoms with van der Waals surface area (Å²) in [5.41, 5.74) is 16.7. The van der Waals surface area contributed by atoms with E-state index in [9.17, 15) is 0 Å². The van der Waals surface area contributed by atoms with E-state index >= 15 is 0 Å². The molecule has 0 atom stereocenters. The fourth-order valence-corrected chi connectivity index (χ4v) is 7.28. The Hall–Kier alpha value is -6.00. The second-order valence-corrected chi connectivity index (χ2v) is 14.8. The summed E-state index contributed by atoms with van der Waals surface area (Å²) in [4.78, 5) is 13.8. The molecule has 0 N–H and O–H groups in total. The van der Waals surface area contributed by atoms with Gasteiger partial charge in [-0.25, -0.2) is 4.98 Å². The standard InChI is InChI=1S/C36H34N2.C17H11N2.Ir/c1-25-8-15-32(16-9-25)36-21-27(3)34(24-38-36)19-14-31-7-5-6-30(22-31)11-10-29-12-17-33(18-13-29)35-20-26(2)28(4)23-37-35;1-3-9-15-13(7-1)14-8-2-4-10-16(14)19(15)17-11-5-6-12-18-17;/h5-9,12-13,15,17,20-24H,10-11,14,19H2,1-4H3;1-9,11-12H;/q-2;-1;+3. The number of pyridine rings is 3. The predicted octanol–water partition coefficient (Wildman–Crippen LogP) is 12.2. The summed E-state index contributed by atoms with van der Waals surface area (Å²) in [7, 11) is 0. The zero-order chi connectivity index (χ0) is 39.1. The van der Waals surface area contributed by atoms with E-state index in [1.165, 1.54) is 60.8 Å². The minimum absolute atomic E-state index is 0. The van der Waals surface area contributed by atoms with Crippen molar-refractivity contribution in [3.05, 3.63) is 215 Å². The number of hydrogen-bond acceptors (Lipinski definition) is 3. The van der Waals surface area contributed by atoms with Crippen LogP contribution in [-0.2, 0) is 45.8 Å². The van der Waals surface area contributed by atoms with Gasteiger partial charge in [-0.3, -0.25) is 0 Å². The van der Waals surface area contributed by atoms with E-state index in [-0.39, 0.29) is 20.1 Å². The average molecular weight is 930 g/mol. The molecule has 0 amide bonds. The second-order valence-electron chi connectivity index (χ2n) is 14.8. The first-order valence-corrected chi connectivity index (χ1v) is 19.7. The number of nitrogens with zero attached hydrogens (tertiary/aromatic N) is 4. The molecule has 9 rings (SSSR count). The Kier molecular flexibility index (Phi) is 12.8. The minimum Gasteiger partial charge on any atom is -0.319 e. The van der Waals surface area contributed by atoms with Crippen LogP contribution in [0.3, 0.4) is 0 Å². The normalized spacial score (nSPS) is 10.9. The molecule has 0 saturated heterocycles. The second kappa shape index (κ2) is 18.5. The van der Waals surface area contributed by atoms with Crippen molar-refractivity contribution in [2.45, 2.75) is 53.4 Å². The van der Waals surface area contributed by atoms with E-state index in [2.05, 4.69) is 157 Å². The van der Waals surface area contributed by atoms with E-state index in [1.807, 2.05) is 55.0 Å². The third-order valence-corrected chi connectivity index (χ3v) is 10.7. The number of benzene rings is 5. The van der Waals surface area contributed by atoms with Crippen LogP contribution >= 0.6 is 0 Å². The Morgan fingerprint density at radius 1 is 0.517 bits per heavy atom. The maximum absolute atomic E-state index is 4.73. The molecule has 5 aromatic carbocycles. The van der Waals surface area contributed by atoms with Gasteiger partial charge in [-0.15, -0.1) is 76.2 Å². The first kappa shape index (κ1) is 40.2. The van der Waals surface area contributed by atoms with E-state index in [0.717, 1.165) is 59.5 Å². The van der Waals surface area contributed by atoms with E-state index < -0.39 is 0 Å². The number of fused-ring (bicyclic) bond motifs is 3. The van der Waals surface area contributed by atoms with Crippen LogP contribution in [0.25, 0.3) is 50.1 Å². The first-order valence-electron chi connectivity index (χ1n) is 19.7. The molecule has 0 bridgehead atoms. The van der Waals surface area contributed by atoms with Crippen molar-refractivity contribution in [2.24, 2.45) is 0 Å². The summed E-state index contributed by atoms with van der Waals surface area (Å²) < 4.78 is 2.16. The molecule has 4 nitrogen and oxygen atoms in total. The van der Waals surface area contributed by atoms with Crippen molar-refractivity contribution in [3.63, 3.8) is 0 Å². The minimum atomic E-state index is 0. The molecule has 286 valence electrons. The van der Waals surface area contributed by atoms with Crippen LogP contribution in [0.15, 0.2) is 152 Å². The van der Waals surface area contributed by atoms with Gasteiger partial charge in [0.2, 0.25) is 0 Å². The van der Waals surface area contributed by atoms with Crippen LogP contribution in [0.1, 0.15) is 44.5 Å². The number of hydrogen-bond donors (Lipinski definition) is 0. The smallest absolute Gasteiger partial charge is 0.319 e. The zero-order valence-corrected chi connectivity index (χ0v) is 35.8.